The molecule has 106 valence electrons. The minimum atomic E-state index is -4.42. The molecule has 0 fully saturated rings. The zero-order valence-electron chi connectivity index (χ0n) is 9.76. The number of benzene rings is 1. The predicted octanol–water partition coefficient (Wildman–Crippen LogP) is 2.58. The maximum Gasteiger partial charge on any atom is 0.405 e. The first-order valence-corrected chi connectivity index (χ1v) is 5.71. The van der Waals surface area contributed by atoms with Crippen molar-refractivity contribution in [2.75, 3.05) is 19.7 Å². The maximum absolute atomic E-state index is 11.8. The van der Waals surface area contributed by atoms with Gasteiger partial charge in [0.05, 0.1) is 6.54 Å². The quantitative estimate of drug-likeness (QED) is 0.821. The number of carbonyl (C=O) groups is 1. The van der Waals surface area contributed by atoms with Gasteiger partial charge in [0.25, 0.3) is 0 Å². The molecular formula is C11H12ClF3N2O2. The molecule has 19 heavy (non-hydrogen) atoms. The van der Waals surface area contributed by atoms with Gasteiger partial charge in [-0.05, 0) is 24.3 Å². The summed E-state index contributed by atoms with van der Waals surface area (Å²) < 4.78 is 40.6. The fourth-order valence-electron chi connectivity index (χ4n) is 1.11. The summed E-state index contributed by atoms with van der Waals surface area (Å²) in [6.07, 6.45) is -4.42. The highest BCUT2D eigenvalue weighted by Gasteiger charge is 2.27. The number of carbonyl (C=O) groups excluding carboxylic acids is 1. The van der Waals surface area contributed by atoms with Crippen LogP contribution in [-0.4, -0.2) is 31.9 Å². The molecule has 8 heteroatoms. The second-order valence-electron chi connectivity index (χ2n) is 3.53. The summed E-state index contributed by atoms with van der Waals surface area (Å²) in [7, 11) is 0. The molecule has 2 amide bonds. The number of hydrogen-bond acceptors (Lipinski definition) is 2. The number of nitrogens with one attached hydrogen (secondary N) is 2. The lowest BCUT2D eigenvalue weighted by Crippen LogP contribution is -2.42. The number of hydrogen-bond donors (Lipinski definition) is 2. The van der Waals surface area contributed by atoms with Gasteiger partial charge in [0, 0.05) is 5.02 Å². The van der Waals surface area contributed by atoms with Crippen LogP contribution in [0.25, 0.3) is 0 Å². The Labute approximate surface area is 112 Å². The molecule has 0 bridgehead atoms. The highest BCUT2D eigenvalue weighted by atomic mass is 35.5. The fraction of sp³-hybridized carbons (Fsp3) is 0.364. The molecule has 2 N–H and O–H groups in total. The van der Waals surface area contributed by atoms with Gasteiger partial charge in [0.15, 0.2) is 0 Å². The average Bonchev–Trinajstić information content (AvgIpc) is 2.33. The molecule has 0 saturated heterocycles. The lowest BCUT2D eigenvalue weighted by Gasteiger charge is -2.10. The Bertz CT molecular complexity index is 409. The van der Waals surface area contributed by atoms with Gasteiger partial charge in [-0.15, -0.1) is 0 Å². The molecule has 1 aromatic rings. The van der Waals surface area contributed by atoms with Crippen LogP contribution in [0.2, 0.25) is 5.02 Å². The SMILES string of the molecule is O=C(NCCOc1ccc(Cl)cc1)NCC(F)(F)F. The van der Waals surface area contributed by atoms with Crippen molar-refractivity contribution in [3.63, 3.8) is 0 Å². The lowest BCUT2D eigenvalue weighted by atomic mass is 10.3. The van der Waals surface area contributed by atoms with Gasteiger partial charge in [0.2, 0.25) is 0 Å². The van der Waals surface area contributed by atoms with Crippen molar-refractivity contribution in [2.24, 2.45) is 0 Å². The smallest absolute Gasteiger partial charge is 0.405 e. The van der Waals surface area contributed by atoms with Crippen LogP contribution >= 0.6 is 11.6 Å². The Morgan fingerprint density at radius 2 is 1.84 bits per heavy atom. The van der Waals surface area contributed by atoms with E-state index in [9.17, 15) is 18.0 Å². The van der Waals surface area contributed by atoms with Gasteiger partial charge < -0.3 is 15.4 Å². The Hall–Kier alpha value is -1.63. The molecule has 1 aromatic carbocycles. The zero-order valence-corrected chi connectivity index (χ0v) is 10.5. The Morgan fingerprint density at radius 1 is 1.21 bits per heavy atom. The van der Waals surface area contributed by atoms with E-state index in [2.05, 4.69) is 5.32 Å². The summed E-state index contributed by atoms with van der Waals surface area (Å²) in [6.45, 7) is -1.13. The van der Waals surface area contributed by atoms with E-state index in [1.165, 1.54) is 0 Å². The average molecular weight is 297 g/mol. The van der Waals surface area contributed by atoms with Crippen molar-refractivity contribution < 1.29 is 22.7 Å². The standard InChI is InChI=1S/C11H12ClF3N2O2/c12-8-1-3-9(4-2-8)19-6-5-16-10(18)17-7-11(13,14)15/h1-4H,5-7H2,(H2,16,17,18). The third-order valence-electron chi connectivity index (χ3n) is 1.92. The van der Waals surface area contributed by atoms with Crippen LogP contribution in [0.5, 0.6) is 5.75 Å². The molecule has 0 spiro atoms. The van der Waals surface area contributed by atoms with Crippen LogP contribution in [0, 0.1) is 0 Å². The van der Waals surface area contributed by atoms with Crippen LogP contribution in [0.15, 0.2) is 24.3 Å². The molecule has 0 atom stereocenters. The third kappa shape index (κ3) is 7.40. The van der Waals surface area contributed by atoms with Gasteiger partial charge >= 0.3 is 12.2 Å². The summed E-state index contributed by atoms with van der Waals surface area (Å²) in [5.41, 5.74) is 0. The second kappa shape index (κ2) is 7.08. The van der Waals surface area contributed by atoms with E-state index < -0.39 is 18.8 Å². The van der Waals surface area contributed by atoms with Crippen LogP contribution < -0.4 is 15.4 Å². The van der Waals surface area contributed by atoms with E-state index in [1.54, 1.807) is 29.6 Å². The highest BCUT2D eigenvalue weighted by Crippen LogP contribution is 2.15. The normalized spacial score (nSPS) is 10.9. The Kier molecular flexibility index (Phi) is 5.75. The molecule has 1 rings (SSSR count). The molecule has 0 heterocycles. The second-order valence-corrected chi connectivity index (χ2v) is 3.96. The minimum absolute atomic E-state index is 0.0896. The van der Waals surface area contributed by atoms with Crippen LogP contribution in [0.4, 0.5) is 18.0 Å². The number of halogens is 4. The monoisotopic (exact) mass is 296 g/mol. The molecule has 4 nitrogen and oxygen atoms in total. The van der Waals surface area contributed by atoms with Crippen LogP contribution in [-0.2, 0) is 0 Å². The van der Waals surface area contributed by atoms with E-state index in [-0.39, 0.29) is 13.2 Å². The van der Waals surface area contributed by atoms with Gasteiger partial charge in [-0.1, -0.05) is 11.6 Å². The van der Waals surface area contributed by atoms with Crippen molar-refractivity contribution in [3.05, 3.63) is 29.3 Å². The maximum atomic E-state index is 11.8. The summed E-state index contributed by atoms with van der Waals surface area (Å²) in [5, 5.41) is 4.48. The van der Waals surface area contributed by atoms with Crippen molar-refractivity contribution in [1.29, 1.82) is 0 Å². The van der Waals surface area contributed by atoms with Gasteiger partial charge in [-0.25, -0.2) is 4.79 Å². The first-order chi connectivity index (χ1) is 8.87. The number of urea groups is 1. The molecular weight excluding hydrogens is 285 g/mol. The topological polar surface area (TPSA) is 50.4 Å². The summed E-state index contributed by atoms with van der Waals surface area (Å²) in [5.74, 6) is 0.557. The van der Waals surface area contributed by atoms with E-state index in [4.69, 9.17) is 16.3 Å². The zero-order chi connectivity index (χ0) is 14.3. The molecule has 0 aromatic heterocycles. The Balaban J connectivity index is 2.13. The highest BCUT2D eigenvalue weighted by molar-refractivity contribution is 6.30. The van der Waals surface area contributed by atoms with Crippen molar-refractivity contribution in [1.82, 2.24) is 10.6 Å². The van der Waals surface area contributed by atoms with Crippen molar-refractivity contribution in [2.45, 2.75) is 6.18 Å². The van der Waals surface area contributed by atoms with Gasteiger partial charge in [-0.3, -0.25) is 0 Å². The lowest BCUT2D eigenvalue weighted by molar-refractivity contribution is -0.122. The van der Waals surface area contributed by atoms with E-state index >= 15 is 0 Å². The first kappa shape index (κ1) is 15.4. The van der Waals surface area contributed by atoms with Crippen LogP contribution in [0.3, 0.4) is 0 Å². The van der Waals surface area contributed by atoms with E-state index in [1.807, 2.05) is 0 Å². The van der Waals surface area contributed by atoms with E-state index in [0.717, 1.165) is 0 Å². The predicted molar refractivity (Wildman–Crippen MR) is 64.4 cm³/mol. The summed E-state index contributed by atoms with van der Waals surface area (Å²) >= 11 is 5.67. The largest absolute Gasteiger partial charge is 0.492 e. The number of amides is 2. The summed E-state index contributed by atoms with van der Waals surface area (Å²) in [6, 6.07) is 5.68. The number of ether oxygens (including phenoxy) is 1. The van der Waals surface area contributed by atoms with E-state index in [0.29, 0.717) is 10.8 Å². The van der Waals surface area contributed by atoms with Crippen LogP contribution in [0.1, 0.15) is 0 Å². The third-order valence-corrected chi connectivity index (χ3v) is 2.17. The fourth-order valence-corrected chi connectivity index (χ4v) is 1.23. The Morgan fingerprint density at radius 3 is 2.42 bits per heavy atom. The van der Waals surface area contributed by atoms with Gasteiger partial charge in [0.1, 0.15) is 18.9 Å². The molecule has 0 aliphatic heterocycles. The summed E-state index contributed by atoms with van der Waals surface area (Å²) in [4.78, 5) is 11.0. The molecule has 0 aliphatic carbocycles. The van der Waals surface area contributed by atoms with Crippen molar-refractivity contribution >= 4 is 17.6 Å². The molecule has 0 saturated carbocycles. The number of rotatable bonds is 5. The number of alkyl halides is 3. The molecule has 0 unspecified atom stereocenters. The molecule has 0 radical (unpaired) electrons. The molecule has 0 aliphatic rings. The van der Waals surface area contributed by atoms with Gasteiger partial charge in [-0.2, -0.15) is 13.2 Å². The first-order valence-electron chi connectivity index (χ1n) is 5.33. The minimum Gasteiger partial charge on any atom is -0.492 e. The van der Waals surface area contributed by atoms with Crippen molar-refractivity contribution in [3.8, 4) is 5.75 Å².